The van der Waals surface area contributed by atoms with Gasteiger partial charge in [0, 0.05) is 18.4 Å². The minimum Gasteiger partial charge on any atom is -0.469 e. The minimum absolute atomic E-state index is 0.102. The molecule has 2 rings (SSSR count). The molecule has 116 valence electrons. The number of benzene rings is 1. The van der Waals surface area contributed by atoms with Crippen LogP contribution in [-0.2, 0) is 20.7 Å². The summed E-state index contributed by atoms with van der Waals surface area (Å²) in [6, 6.07) is 2.89. The van der Waals surface area contributed by atoms with E-state index in [0.717, 1.165) is 0 Å². The first kappa shape index (κ1) is 16.0. The van der Waals surface area contributed by atoms with Gasteiger partial charge in [-0.3, -0.25) is 9.59 Å². The molecule has 0 spiro atoms. The Bertz CT molecular complexity index is 821. The molecule has 0 fully saturated rings. The predicted molar refractivity (Wildman–Crippen MR) is 79.3 cm³/mol. The van der Waals surface area contributed by atoms with Gasteiger partial charge in [-0.15, -0.1) is 0 Å². The number of aryl methyl sites for hydroxylation is 1. The summed E-state index contributed by atoms with van der Waals surface area (Å²) < 4.78 is 14.7. The van der Waals surface area contributed by atoms with Crippen LogP contribution in [0.5, 0.6) is 5.75 Å². The maximum Gasteiger partial charge on any atom is 0.340 e. The summed E-state index contributed by atoms with van der Waals surface area (Å²) in [7, 11) is 1.24. The minimum atomic E-state index is -0.647. The van der Waals surface area contributed by atoms with Crippen molar-refractivity contribution >= 4 is 34.5 Å². The van der Waals surface area contributed by atoms with Gasteiger partial charge in [0.25, 0.3) is 0 Å². The Labute approximate surface area is 130 Å². The third-order valence-electron chi connectivity index (χ3n) is 3.14. The molecule has 0 aliphatic heterocycles. The van der Waals surface area contributed by atoms with Gasteiger partial charge in [0.15, 0.2) is 5.75 Å². The van der Waals surface area contributed by atoms with Crippen molar-refractivity contribution in [2.45, 2.75) is 20.3 Å². The topological polar surface area (TPSA) is 82.8 Å². The van der Waals surface area contributed by atoms with Gasteiger partial charge < -0.3 is 13.9 Å². The number of hydrogen-bond donors (Lipinski definition) is 0. The molecular formula is C15H13ClO6. The Hall–Kier alpha value is -2.34. The lowest BCUT2D eigenvalue weighted by Crippen LogP contribution is -2.16. The molecule has 0 N–H and O–H groups in total. The fourth-order valence-corrected chi connectivity index (χ4v) is 2.25. The highest BCUT2D eigenvalue weighted by atomic mass is 35.5. The quantitative estimate of drug-likeness (QED) is 0.490. The molecule has 0 atom stereocenters. The molecule has 0 unspecified atom stereocenters. The van der Waals surface area contributed by atoms with E-state index in [1.807, 2.05) is 0 Å². The number of hydrogen-bond acceptors (Lipinski definition) is 6. The maximum atomic E-state index is 12.0. The molecule has 0 saturated heterocycles. The fraction of sp³-hybridized carbons (Fsp3) is 0.267. The number of esters is 2. The van der Waals surface area contributed by atoms with E-state index in [1.54, 1.807) is 6.92 Å². The van der Waals surface area contributed by atoms with Crippen molar-refractivity contribution in [3.63, 3.8) is 0 Å². The standard InChI is InChI=1S/C15H13ClO6/c1-7-9-4-11(16)13(21-8(2)17)6-12(9)22-15(19)10(7)5-14(18)20-3/h4,6H,5H2,1-3H3. The van der Waals surface area contributed by atoms with Crippen molar-refractivity contribution in [2.75, 3.05) is 7.11 Å². The molecule has 0 saturated carbocycles. The molecule has 1 heterocycles. The van der Waals surface area contributed by atoms with Crippen LogP contribution in [0.4, 0.5) is 0 Å². The zero-order valence-corrected chi connectivity index (χ0v) is 12.9. The van der Waals surface area contributed by atoms with Crippen LogP contribution in [0.1, 0.15) is 18.1 Å². The van der Waals surface area contributed by atoms with Gasteiger partial charge in [-0.2, -0.15) is 0 Å². The third kappa shape index (κ3) is 3.12. The van der Waals surface area contributed by atoms with E-state index >= 15 is 0 Å². The molecule has 0 radical (unpaired) electrons. The van der Waals surface area contributed by atoms with Gasteiger partial charge >= 0.3 is 17.6 Å². The Kier molecular flexibility index (Phi) is 4.51. The molecule has 1 aromatic heterocycles. The van der Waals surface area contributed by atoms with Crippen molar-refractivity contribution in [1.82, 2.24) is 0 Å². The molecule has 0 aliphatic rings. The molecule has 6 nitrogen and oxygen atoms in total. The molecular weight excluding hydrogens is 312 g/mol. The maximum absolute atomic E-state index is 12.0. The van der Waals surface area contributed by atoms with Gasteiger partial charge in [0.2, 0.25) is 0 Å². The monoisotopic (exact) mass is 324 g/mol. The normalized spacial score (nSPS) is 10.5. The van der Waals surface area contributed by atoms with Gasteiger partial charge in [-0.1, -0.05) is 11.6 Å². The van der Waals surface area contributed by atoms with Crippen molar-refractivity contribution in [3.05, 3.63) is 38.7 Å². The lowest BCUT2D eigenvalue weighted by molar-refractivity contribution is -0.139. The van der Waals surface area contributed by atoms with Crippen LogP contribution >= 0.6 is 11.6 Å². The van der Waals surface area contributed by atoms with Crippen LogP contribution in [0.3, 0.4) is 0 Å². The second kappa shape index (κ2) is 6.19. The summed E-state index contributed by atoms with van der Waals surface area (Å²) >= 11 is 6.06. The van der Waals surface area contributed by atoms with E-state index in [9.17, 15) is 14.4 Å². The Morgan fingerprint density at radius 1 is 1.32 bits per heavy atom. The highest BCUT2D eigenvalue weighted by Gasteiger charge is 2.17. The summed E-state index contributed by atoms with van der Waals surface area (Å²) in [5.74, 6) is -0.982. The summed E-state index contributed by atoms with van der Waals surface area (Å²) in [6.07, 6.45) is -0.191. The zero-order chi connectivity index (χ0) is 16.4. The summed E-state index contributed by atoms with van der Waals surface area (Å²) in [5.41, 5.74) is 0.340. The van der Waals surface area contributed by atoms with Crippen molar-refractivity contribution in [1.29, 1.82) is 0 Å². The largest absolute Gasteiger partial charge is 0.469 e. The zero-order valence-electron chi connectivity index (χ0n) is 12.2. The van der Waals surface area contributed by atoms with Gasteiger partial charge in [-0.25, -0.2) is 4.79 Å². The lowest BCUT2D eigenvalue weighted by atomic mass is 10.0. The molecule has 1 aromatic carbocycles. The second-order valence-corrected chi connectivity index (χ2v) is 5.03. The van der Waals surface area contributed by atoms with E-state index < -0.39 is 17.6 Å². The number of carbonyl (C=O) groups is 2. The number of halogens is 1. The smallest absolute Gasteiger partial charge is 0.340 e. The lowest BCUT2D eigenvalue weighted by Gasteiger charge is -2.09. The van der Waals surface area contributed by atoms with Gasteiger partial charge in [0.05, 0.1) is 24.1 Å². The van der Waals surface area contributed by atoms with Gasteiger partial charge in [-0.05, 0) is 18.6 Å². The van der Waals surface area contributed by atoms with Crippen LogP contribution in [0.2, 0.25) is 5.02 Å². The van der Waals surface area contributed by atoms with Gasteiger partial charge in [0.1, 0.15) is 5.58 Å². The van der Waals surface area contributed by atoms with Crippen LogP contribution in [0, 0.1) is 6.92 Å². The van der Waals surface area contributed by atoms with E-state index in [4.69, 9.17) is 20.8 Å². The SMILES string of the molecule is COC(=O)Cc1c(C)c2cc(Cl)c(OC(C)=O)cc2oc1=O. The van der Waals surface area contributed by atoms with E-state index in [1.165, 1.54) is 26.2 Å². The number of ether oxygens (including phenoxy) is 2. The van der Waals surface area contributed by atoms with E-state index in [0.29, 0.717) is 10.9 Å². The number of carbonyl (C=O) groups excluding carboxylic acids is 2. The van der Waals surface area contributed by atoms with Crippen LogP contribution in [-0.4, -0.2) is 19.0 Å². The highest BCUT2D eigenvalue weighted by Crippen LogP contribution is 2.32. The van der Waals surface area contributed by atoms with E-state index in [2.05, 4.69) is 4.74 Å². The Morgan fingerprint density at radius 2 is 2.00 bits per heavy atom. The Morgan fingerprint density at radius 3 is 2.59 bits per heavy atom. The molecule has 0 amide bonds. The van der Waals surface area contributed by atoms with E-state index in [-0.39, 0.29) is 28.3 Å². The first-order chi connectivity index (χ1) is 10.3. The summed E-state index contributed by atoms with van der Waals surface area (Å²) in [6.45, 7) is 2.92. The van der Waals surface area contributed by atoms with Crippen LogP contribution < -0.4 is 10.4 Å². The average Bonchev–Trinajstić information content (AvgIpc) is 2.44. The van der Waals surface area contributed by atoms with Crippen LogP contribution in [0.25, 0.3) is 11.0 Å². The first-order valence-electron chi connectivity index (χ1n) is 6.34. The third-order valence-corrected chi connectivity index (χ3v) is 3.44. The van der Waals surface area contributed by atoms with Crippen molar-refractivity contribution in [2.24, 2.45) is 0 Å². The molecule has 2 aromatic rings. The molecule has 0 aliphatic carbocycles. The second-order valence-electron chi connectivity index (χ2n) is 4.62. The van der Waals surface area contributed by atoms with Crippen molar-refractivity contribution < 1.29 is 23.5 Å². The average molecular weight is 325 g/mol. The number of fused-ring (bicyclic) bond motifs is 1. The number of methoxy groups -OCH3 is 1. The number of rotatable bonds is 3. The fourth-order valence-electron chi connectivity index (χ4n) is 2.04. The van der Waals surface area contributed by atoms with Crippen molar-refractivity contribution in [3.8, 4) is 5.75 Å². The molecule has 0 bridgehead atoms. The molecule has 7 heteroatoms. The summed E-state index contributed by atoms with van der Waals surface area (Å²) in [4.78, 5) is 34.4. The Balaban J connectivity index is 2.64. The molecule has 22 heavy (non-hydrogen) atoms. The predicted octanol–water partition coefficient (Wildman–Crippen LogP) is 2.40. The first-order valence-corrected chi connectivity index (χ1v) is 6.72. The van der Waals surface area contributed by atoms with Crippen LogP contribution in [0.15, 0.2) is 21.3 Å². The summed E-state index contributed by atoms with van der Waals surface area (Å²) in [5, 5.41) is 0.753. The highest BCUT2D eigenvalue weighted by molar-refractivity contribution is 6.33.